The van der Waals surface area contributed by atoms with Crippen LogP contribution in [0, 0.1) is 0 Å². The molecule has 3 rings (SSSR count). The van der Waals surface area contributed by atoms with E-state index in [0.29, 0.717) is 19.6 Å². The summed E-state index contributed by atoms with van der Waals surface area (Å²) in [7, 11) is 2.01. The molecule has 0 saturated carbocycles. The van der Waals surface area contributed by atoms with E-state index >= 15 is 0 Å². The zero-order valence-electron chi connectivity index (χ0n) is 12.7. The maximum Gasteiger partial charge on any atom is 0.318 e. The van der Waals surface area contributed by atoms with Gasteiger partial charge in [0.2, 0.25) is 0 Å². The van der Waals surface area contributed by atoms with Crippen molar-refractivity contribution in [3.63, 3.8) is 0 Å². The Bertz CT molecular complexity index is 644. The fourth-order valence-electron chi connectivity index (χ4n) is 2.62. The monoisotopic (exact) mass is 296 g/mol. The topological polar surface area (TPSA) is 48.5 Å². The van der Waals surface area contributed by atoms with Crippen LogP contribution < -0.4 is 10.2 Å². The Morgan fingerprint density at radius 3 is 2.82 bits per heavy atom. The van der Waals surface area contributed by atoms with Gasteiger partial charge in [0.15, 0.2) is 0 Å². The van der Waals surface area contributed by atoms with Gasteiger partial charge in [0.1, 0.15) is 5.82 Å². The summed E-state index contributed by atoms with van der Waals surface area (Å²) in [6.07, 6.45) is 1.79. The third-order valence-electron chi connectivity index (χ3n) is 3.87. The summed E-state index contributed by atoms with van der Waals surface area (Å²) in [5.74, 6) is 0.959. The van der Waals surface area contributed by atoms with Crippen molar-refractivity contribution in [2.24, 2.45) is 0 Å². The fourth-order valence-corrected chi connectivity index (χ4v) is 2.62. The summed E-state index contributed by atoms with van der Waals surface area (Å²) in [5, 5.41) is 2.99. The number of rotatable bonds is 2. The second-order valence-corrected chi connectivity index (χ2v) is 5.47. The molecule has 1 aromatic carbocycles. The van der Waals surface area contributed by atoms with Gasteiger partial charge in [-0.25, -0.2) is 9.78 Å². The van der Waals surface area contributed by atoms with Gasteiger partial charge in [0.05, 0.1) is 6.54 Å². The minimum atomic E-state index is -0.0334. The molecule has 0 bridgehead atoms. The zero-order chi connectivity index (χ0) is 15.4. The molecule has 1 aliphatic rings. The van der Waals surface area contributed by atoms with Gasteiger partial charge in [0, 0.05) is 38.4 Å². The van der Waals surface area contributed by atoms with Crippen LogP contribution in [0.25, 0.3) is 0 Å². The molecule has 0 spiro atoms. The van der Waals surface area contributed by atoms with Crippen molar-refractivity contribution in [2.75, 3.05) is 25.0 Å². The van der Waals surface area contributed by atoms with E-state index in [-0.39, 0.29) is 6.03 Å². The Labute approximate surface area is 130 Å². The van der Waals surface area contributed by atoms with Crippen molar-refractivity contribution in [3.05, 3.63) is 59.8 Å². The molecule has 0 radical (unpaired) electrons. The Hall–Kier alpha value is -2.56. The predicted octanol–water partition coefficient (Wildman–Crippen LogP) is 2.24. The van der Waals surface area contributed by atoms with Crippen molar-refractivity contribution in [1.29, 1.82) is 0 Å². The normalized spacial score (nSPS) is 14.2. The molecule has 2 amide bonds. The van der Waals surface area contributed by atoms with E-state index in [9.17, 15) is 4.79 Å². The third-order valence-corrected chi connectivity index (χ3v) is 3.87. The number of amides is 2. The average molecular weight is 296 g/mol. The summed E-state index contributed by atoms with van der Waals surface area (Å²) in [5.41, 5.74) is 2.18. The number of fused-ring (bicyclic) bond motifs is 1. The number of nitrogens with one attached hydrogen (secondary N) is 1. The number of hydrogen-bond donors (Lipinski definition) is 1. The number of carbonyl (C=O) groups is 1. The van der Waals surface area contributed by atoms with Gasteiger partial charge in [-0.05, 0) is 11.6 Å². The van der Waals surface area contributed by atoms with E-state index in [1.807, 2.05) is 54.4 Å². The summed E-state index contributed by atoms with van der Waals surface area (Å²) >= 11 is 0. The van der Waals surface area contributed by atoms with Crippen LogP contribution in [0.5, 0.6) is 0 Å². The SMILES string of the molecule is CN1CCN(C(=O)NCc2ccccc2)Cc2cccnc21. The van der Waals surface area contributed by atoms with Crippen LogP contribution in [0.15, 0.2) is 48.7 Å². The van der Waals surface area contributed by atoms with Crippen LogP contribution in [0.2, 0.25) is 0 Å². The van der Waals surface area contributed by atoms with Crippen LogP contribution >= 0.6 is 0 Å². The highest BCUT2D eigenvalue weighted by Gasteiger charge is 2.21. The molecule has 1 N–H and O–H groups in total. The predicted molar refractivity (Wildman–Crippen MR) is 86.6 cm³/mol. The lowest BCUT2D eigenvalue weighted by molar-refractivity contribution is 0.197. The first-order chi connectivity index (χ1) is 10.7. The van der Waals surface area contributed by atoms with E-state index in [1.165, 1.54) is 0 Å². The maximum atomic E-state index is 12.4. The van der Waals surface area contributed by atoms with Gasteiger partial charge in [-0.3, -0.25) is 0 Å². The molecule has 114 valence electrons. The molecule has 5 nitrogen and oxygen atoms in total. The number of aromatic nitrogens is 1. The van der Waals surface area contributed by atoms with Crippen LogP contribution in [0.4, 0.5) is 10.6 Å². The third kappa shape index (κ3) is 3.19. The van der Waals surface area contributed by atoms with Gasteiger partial charge in [-0.2, -0.15) is 0 Å². The first-order valence-corrected chi connectivity index (χ1v) is 7.46. The average Bonchev–Trinajstić information content (AvgIpc) is 2.73. The molecule has 0 fully saturated rings. The minimum absolute atomic E-state index is 0.0334. The van der Waals surface area contributed by atoms with Crippen LogP contribution in [0.1, 0.15) is 11.1 Å². The molecular weight excluding hydrogens is 276 g/mol. The smallest absolute Gasteiger partial charge is 0.318 e. The molecule has 0 aliphatic carbocycles. The highest BCUT2D eigenvalue weighted by molar-refractivity contribution is 5.74. The number of hydrogen-bond acceptors (Lipinski definition) is 3. The lowest BCUT2D eigenvalue weighted by atomic mass is 10.2. The molecule has 1 aromatic heterocycles. The number of carbonyl (C=O) groups excluding carboxylic acids is 1. The van der Waals surface area contributed by atoms with E-state index in [1.54, 1.807) is 6.20 Å². The largest absolute Gasteiger partial charge is 0.358 e. The van der Waals surface area contributed by atoms with E-state index < -0.39 is 0 Å². The molecule has 22 heavy (non-hydrogen) atoms. The highest BCUT2D eigenvalue weighted by Crippen LogP contribution is 2.20. The van der Waals surface area contributed by atoms with E-state index in [4.69, 9.17) is 0 Å². The molecular formula is C17H20N4O. The van der Waals surface area contributed by atoms with Gasteiger partial charge in [0.25, 0.3) is 0 Å². The summed E-state index contributed by atoms with van der Waals surface area (Å²) in [4.78, 5) is 20.8. The quantitative estimate of drug-likeness (QED) is 0.924. The van der Waals surface area contributed by atoms with Crippen molar-refractivity contribution in [3.8, 4) is 0 Å². The van der Waals surface area contributed by atoms with Crippen LogP contribution in [0.3, 0.4) is 0 Å². The van der Waals surface area contributed by atoms with Crippen LogP contribution in [-0.2, 0) is 13.1 Å². The standard InChI is InChI=1S/C17H20N4O/c1-20-10-11-21(13-15-8-5-9-18-16(15)20)17(22)19-12-14-6-3-2-4-7-14/h2-9H,10-13H2,1H3,(H,19,22). The fraction of sp³-hybridized carbons (Fsp3) is 0.294. The zero-order valence-corrected chi connectivity index (χ0v) is 12.7. The molecule has 5 heteroatoms. The lowest BCUT2D eigenvalue weighted by Gasteiger charge is -2.21. The molecule has 2 aromatic rings. The highest BCUT2D eigenvalue weighted by atomic mass is 16.2. The number of pyridine rings is 1. The van der Waals surface area contributed by atoms with Crippen molar-refractivity contribution < 1.29 is 4.79 Å². The number of nitrogens with zero attached hydrogens (tertiary/aromatic N) is 3. The summed E-state index contributed by atoms with van der Waals surface area (Å²) in [6, 6.07) is 13.9. The Balaban J connectivity index is 1.66. The lowest BCUT2D eigenvalue weighted by Crippen LogP contribution is -2.41. The Kier molecular flexibility index (Phi) is 4.23. The summed E-state index contributed by atoms with van der Waals surface area (Å²) in [6.45, 7) is 2.61. The second kappa shape index (κ2) is 6.47. The second-order valence-electron chi connectivity index (χ2n) is 5.47. The molecule has 2 heterocycles. The van der Waals surface area contributed by atoms with Gasteiger partial charge in [-0.15, -0.1) is 0 Å². The minimum Gasteiger partial charge on any atom is -0.358 e. The summed E-state index contributed by atoms with van der Waals surface area (Å²) < 4.78 is 0. The number of likely N-dealkylation sites (N-methyl/N-ethyl adjacent to an activating group) is 1. The van der Waals surface area contributed by atoms with Crippen molar-refractivity contribution in [1.82, 2.24) is 15.2 Å². The number of urea groups is 1. The maximum absolute atomic E-state index is 12.4. The van der Waals surface area contributed by atoms with Crippen LogP contribution in [-0.4, -0.2) is 36.1 Å². The van der Waals surface area contributed by atoms with E-state index in [0.717, 1.165) is 23.5 Å². The van der Waals surface area contributed by atoms with Gasteiger partial charge in [-0.1, -0.05) is 36.4 Å². The Morgan fingerprint density at radius 2 is 2.00 bits per heavy atom. The molecule has 0 atom stereocenters. The van der Waals surface area contributed by atoms with E-state index in [2.05, 4.69) is 15.2 Å². The van der Waals surface area contributed by atoms with Crippen molar-refractivity contribution >= 4 is 11.8 Å². The molecule has 1 aliphatic heterocycles. The Morgan fingerprint density at radius 1 is 1.18 bits per heavy atom. The molecule has 0 saturated heterocycles. The molecule has 0 unspecified atom stereocenters. The van der Waals surface area contributed by atoms with Gasteiger partial charge < -0.3 is 15.1 Å². The number of anilines is 1. The van der Waals surface area contributed by atoms with Crippen molar-refractivity contribution in [2.45, 2.75) is 13.1 Å². The van der Waals surface area contributed by atoms with Gasteiger partial charge >= 0.3 is 6.03 Å². The number of benzene rings is 1. The first-order valence-electron chi connectivity index (χ1n) is 7.46. The first kappa shape index (κ1) is 14.4.